The first kappa shape index (κ1) is 20.6. The normalized spacial score (nSPS) is 12.6. The van der Waals surface area contributed by atoms with Crippen LogP contribution >= 0.6 is 22.6 Å². The van der Waals surface area contributed by atoms with Gasteiger partial charge in [-0.2, -0.15) is 0 Å². The second kappa shape index (κ2) is 8.75. The largest absolute Gasteiger partial charge is 0.383 e. The smallest absolute Gasteiger partial charge is 0.294 e. The van der Waals surface area contributed by atoms with E-state index in [1.165, 1.54) is 19.2 Å². The highest BCUT2D eigenvalue weighted by molar-refractivity contribution is 14.1. The molecule has 0 aromatic heterocycles. The van der Waals surface area contributed by atoms with Gasteiger partial charge < -0.3 is 10.1 Å². The third-order valence-corrected chi connectivity index (χ3v) is 5.61. The summed E-state index contributed by atoms with van der Waals surface area (Å²) in [5, 5.41) is 14.4. The molecule has 2 N–H and O–H groups in total. The third-order valence-electron chi connectivity index (χ3n) is 3.35. The van der Waals surface area contributed by atoms with E-state index in [4.69, 9.17) is 4.74 Å². The monoisotopic (exact) mass is 491 g/mol. The number of benzene rings is 2. The Labute approximate surface area is 165 Å². The van der Waals surface area contributed by atoms with Gasteiger partial charge in [-0.1, -0.05) is 6.07 Å². The molecule has 2 rings (SSSR count). The number of nitro benzene ring substituents is 1. The number of nitro groups is 1. The molecule has 0 aliphatic heterocycles. The van der Waals surface area contributed by atoms with E-state index in [0.717, 1.165) is 9.64 Å². The fourth-order valence-electron chi connectivity index (χ4n) is 2.27. The number of nitrogens with one attached hydrogen (secondary N) is 2. The van der Waals surface area contributed by atoms with Gasteiger partial charge in [0.15, 0.2) is 0 Å². The van der Waals surface area contributed by atoms with Crippen LogP contribution in [0.25, 0.3) is 0 Å². The molecule has 140 valence electrons. The van der Waals surface area contributed by atoms with Crippen LogP contribution in [-0.4, -0.2) is 33.1 Å². The quantitative estimate of drug-likeness (QED) is 0.333. The SMILES string of the molecule is COC[C@H](C)NS(=O)(=O)c1ccc(Nc2cccc(I)c2)c([N+](=O)[O-])c1. The minimum Gasteiger partial charge on any atom is -0.383 e. The molecule has 0 saturated heterocycles. The molecule has 0 fully saturated rings. The van der Waals surface area contributed by atoms with Gasteiger partial charge in [0, 0.05) is 28.5 Å². The van der Waals surface area contributed by atoms with Gasteiger partial charge in [-0.25, -0.2) is 13.1 Å². The van der Waals surface area contributed by atoms with E-state index in [0.29, 0.717) is 5.69 Å². The van der Waals surface area contributed by atoms with Crippen LogP contribution < -0.4 is 10.0 Å². The van der Waals surface area contributed by atoms with Crippen molar-refractivity contribution in [3.05, 3.63) is 56.1 Å². The highest BCUT2D eigenvalue weighted by Crippen LogP contribution is 2.30. The Morgan fingerprint density at radius 1 is 1.27 bits per heavy atom. The van der Waals surface area contributed by atoms with Crippen LogP contribution in [0.4, 0.5) is 17.1 Å². The molecular weight excluding hydrogens is 473 g/mol. The van der Waals surface area contributed by atoms with Gasteiger partial charge in [0.25, 0.3) is 5.69 Å². The summed E-state index contributed by atoms with van der Waals surface area (Å²) in [6, 6.07) is 10.6. The molecule has 0 radical (unpaired) electrons. The van der Waals surface area contributed by atoms with Crippen molar-refractivity contribution in [2.75, 3.05) is 19.0 Å². The number of rotatable bonds is 8. The molecule has 0 amide bonds. The van der Waals surface area contributed by atoms with E-state index in [2.05, 4.69) is 32.6 Å². The summed E-state index contributed by atoms with van der Waals surface area (Å²) < 4.78 is 33.1. The van der Waals surface area contributed by atoms with Gasteiger partial charge in [0.1, 0.15) is 5.69 Å². The topological polar surface area (TPSA) is 111 Å². The zero-order valence-electron chi connectivity index (χ0n) is 14.1. The highest BCUT2D eigenvalue weighted by atomic mass is 127. The Morgan fingerprint density at radius 2 is 2.00 bits per heavy atom. The zero-order valence-corrected chi connectivity index (χ0v) is 17.1. The summed E-state index contributed by atoms with van der Waals surface area (Å²) in [7, 11) is -2.44. The van der Waals surface area contributed by atoms with Gasteiger partial charge in [0.2, 0.25) is 10.0 Å². The van der Waals surface area contributed by atoms with Crippen LogP contribution in [-0.2, 0) is 14.8 Å². The molecule has 26 heavy (non-hydrogen) atoms. The van der Waals surface area contributed by atoms with Crippen molar-refractivity contribution in [3.63, 3.8) is 0 Å². The molecular formula is C16H18IN3O5S. The van der Waals surface area contributed by atoms with Crippen molar-refractivity contribution in [3.8, 4) is 0 Å². The minimum absolute atomic E-state index is 0.180. The molecule has 2 aromatic rings. The lowest BCUT2D eigenvalue weighted by atomic mass is 10.2. The predicted molar refractivity (Wildman–Crippen MR) is 107 cm³/mol. The molecule has 0 spiro atoms. The van der Waals surface area contributed by atoms with Crippen LogP contribution in [0.5, 0.6) is 0 Å². The maximum Gasteiger partial charge on any atom is 0.294 e. The first-order valence-electron chi connectivity index (χ1n) is 7.55. The Hall–Kier alpha value is -1.76. The third kappa shape index (κ3) is 5.37. The maximum atomic E-state index is 12.4. The number of hydrogen-bond donors (Lipinski definition) is 2. The van der Waals surface area contributed by atoms with Crippen molar-refractivity contribution < 1.29 is 18.1 Å². The molecule has 0 unspecified atom stereocenters. The standard InChI is InChI=1S/C16H18IN3O5S/c1-11(10-25-2)19-26(23,24)14-6-7-15(16(9-14)20(21)22)18-13-5-3-4-12(17)8-13/h3-9,11,18-19H,10H2,1-2H3/t11-/m0/s1. The van der Waals surface area contributed by atoms with Gasteiger partial charge >= 0.3 is 0 Å². The second-order valence-corrected chi connectivity index (χ2v) is 8.51. The van der Waals surface area contributed by atoms with Gasteiger partial charge in [-0.3, -0.25) is 10.1 Å². The highest BCUT2D eigenvalue weighted by Gasteiger charge is 2.23. The molecule has 2 aromatic carbocycles. The number of ether oxygens (including phenoxy) is 1. The Morgan fingerprint density at radius 3 is 2.62 bits per heavy atom. The van der Waals surface area contributed by atoms with Crippen LogP contribution in [0.15, 0.2) is 47.4 Å². The van der Waals surface area contributed by atoms with Gasteiger partial charge in [-0.15, -0.1) is 0 Å². The van der Waals surface area contributed by atoms with E-state index in [1.54, 1.807) is 13.0 Å². The lowest BCUT2D eigenvalue weighted by molar-refractivity contribution is -0.384. The number of methoxy groups -OCH3 is 1. The summed E-state index contributed by atoms with van der Waals surface area (Å²) in [6.07, 6.45) is 0. The number of halogens is 1. The first-order chi connectivity index (χ1) is 12.2. The second-order valence-electron chi connectivity index (χ2n) is 5.55. The molecule has 8 nitrogen and oxygen atoms in total. The van der Waals surface area contributed by atoms with Crippen molar-refractivity contribution in [1.29, 1.82) is 0 Å². The molecule has 0 bridgehead atoms. The van der Waals surface area contributed by atoms with E-state index < -0.39 is 21.0 Å². The summed E-state index contributed by atoms with van der Waals surface area (Å²) in [4.78, 5) is 10.6. The fraction of sp³-hybridized carbons (Fsp3) is 0.250. The molecule has 10 heteroatoms. The fourth-order valence-corrected chi connectivity index (χ4v) is 4.06. The number of hydrogen-bond acceptors (Lipinski definition) is 6. The Kier molecular flexibility index (Phi) is 6.92. The Balaban J connectivity index is 2.35. The number of anilines is 2. The minimum atomic E-state index is -3.90. The van der Waals surface area contributed by atoms with Gasteiger partial charge in [-0.05, 0) is 59.8 Å². The first-order valence-corrected chi connectivity index (χ1v) is 10.1. The lowest BCUT2D eigenvalue weighted by Crippen LogP contribution is -2.35. The molecule has 1 atom stereocenters. The summed E-state index contributed by atoms with van der Waals surface area (Å²) in [5.74, 6) is 0. The molecule has 0 saturated carbocycles. The predicted octanol–water partition coefficient (Wildman–Crippen LogP) is 3.26. The molecule has 0 aliphatic carbocycles. The number of nitrogens with zero attached hydrogens (tertiary/aromatic N) is 1. The number of sulfonamides is 1. The maximum absolute atomic E-state index is 12.4. The van der Waals surface area contributed by atoms with Crippen LogP contribution in [0, 0.1) is 13.7 Å². The molecule has 0 heterocycles. The van der Waals surface area contributed by atoms with Crippen molar-refractivity contribution in [1.82, 2.24) is 4.72 Å². The van der Waals surface area contributed by atoms with E-state index >= 15 is 0 Å². The summed E-state index contributed by atoms with van der Waals surface area (Å²) >= 11 is 2.13. The van der Waals surface area contributed by atoms with E-state index in [9.17, 15) is 18.5 Å². The van der Waals surface area contributed by atoms with E-state index in [-0.39, 0.29) is 22.9 Å². The molecule has 0 aliphatic rings. The van der Waals surface area contributed by atoms with Crippen molar-refractivity contribution in [2.45, 2.75) is 17.9 Å². The van der Waals surface area contributed by atoms with Gasteiger partial charge in [0.05, 0.1) is 16.4 Å². The van der Waals surface area contributed by atoms with Crippen molar-refractivity contribution in [2.24, 2.45) is 0 Å². The van der Waals surface area contributed by atoms with Crippen LogP contribution in [0.2, 0.25) is 0 Å². The van der Waals surface area contributed by atoms with Crippen molar-refractivity contribution >= 4 is 49.7 Å². The Bertz CT molecular complexity index is 905. The lowest BCUT2D eigenvalue weighted by Gasteiger charge is -2.14. The summed E-state index contributed by atoms with van der Waals surface area (Å²) in [6.45, 7) is 1.83. The van der Waals surface area contributed by atoms with Crippen LogP contribution in [0.1, 0.15) is 6.92 Å². The van der Waals surface area contributed by atoms with Crippen LogP contribution in [0.3, 0.4) is 0 Å². The average Bonchev–Trinajstić information content (AvgIpc) is 2.54. The average molecular weight is 491 g/mol. The zero-order chi connectivity index (χ0) is 19.3. The van der Waals surface area contributed by atoms with E-state index in [1.807, 2.05) is 18.2 Å². The summed E-state index contributed by atoms with van der Waals surface area (Å²) in [5.41, 5.74) is 0.550.